The Morgan fingerprint density at radius 3 is 2.50 bits per heavy atom. The molecule has 4 nitrogen and oxygen atoms in total. The topological polar surface area (TPSA) is 30.3 Å². The molecule has 0 bridgehead atoms. The first-order chi connectivity index (χ1) is 10.1. The Kier molecular flexibility index (Phi) is 5.03. The van der Waals surface area contributed by atoms with Gasteiger partial charge in [-0.15, -0.1) is 0 Å². The highest BCUT2D eigenvalue weighted by atomic mass is 16.5. The van der Waals surface area contributed by atoms with Gasteiger partial charge in [0.1, 0.15) is 0 Å². The van der Waals surface area contributed by atoms with Crippen molar-refractivity contribution >= 4 is 0 Å². The van der Waals surface area contributed by atoms with Crippen LogP contribution < -0.4 is 0 Å². The second-order valence-corrected chi connectivity index (χ2v) is 8.34. The molecule has 1 unspecified atom stereocenters. The predicted octanol–water partition coefficient (Wildman–Crippen LogP) is 3.20. The van der Waals surface area contributed by atoms with E-state index in [0.29, 0.717) is 0 Å². The normalized spacial score (nSPS) is 21.3. The number of likely N-dealkylation sites (N-methyl/N-ethyl adjacent to an activating group) is 1. The molecule has 4 heteroatoms. The second kappa shape index (κ2) is 6.32. The lowest BCUT2D eigenvalue weighted by Gasteiger charge is -2.31. The molecule has 0 aliphatic carbocycles. The van der Waals surface area contributed by atoms with E-state index in [9.17, 15) is 0 Å². The van der Waals surface area contributed by atoms with Crippen LogP contribution in [0.15, 0.2) is 6.07 Å². The van der Waals surface area contributed by atoms with Crippen LogP contribution in [0.1, 0.15) is 59.4 Å². The minimum atomic E-state index is 0.0929. The zero-order chi connectivity index (χ0) is 16.5. The maximum absolute atomic E-state index is 5.94. The zero-order valence-corrected chi connectivity index (χ0v) is 15.4. The van der Waals surface area contributed by atoms with E-state index in [2.05, 4.69) is 64.2 Å². The lowest BCUT2D eigenvalue weighted by molar-refractivity contribution is -0.0297. The average Bonchev–Trinajstić information content (AvgIpc) is 2.83. The van der Waals surface area contributed by atoms with Crippen molar-refractivity contribution in [3.63, 3.8) is 0 Å². The maximum atomic E-state index is 5.94. The quantitative estimate of drug-likeness (QED) is 0.856. The van der Waals surface area contributed by atoms with E-state index >= 15 is 0 Å². The molecule has 0 aromatic carbocycles. The summed E-state index contributed by atoms with van der Waals surface area (Å²) >= 11 is 0. The Bertz CT molecular complexity index is 499. The number of aromatic nitrogens is 2. The van der Waals surface area contributed by atoms with Gasteiger partial charge in [0.25, 0.3) is 0 Å². The molecule has 1 aliphatic rings. The van der Waals surface area contributed by atoms with Crippen LogP contribution >= 0.6 is 0 Å². The molecule has 0 saturated carbocycles. The Balaban J connectivity index is 2.28. The van der Waals surface area contributed by atoms with E-state index in [1.54, 1.807) is 0 Å². The van der Waals surface area contributed by atoms with Crippen molar-refractivity contribution in [2.24, 2.45) is 0 Å². The molecular formula is C18H33N3O. The summed E-state index contributed by atoms with van der Waals surface area (Å²) in [5.74, 6) is 0. The van der Waals surface area contributed by atoms with Crippen LogP contribution in [-0.4, -0.2) is 47.5 Å². The van der Waals surface area contributed by atoms with Crippen LogP contribution in [0.2, 0.25) is 0 Å². The highest BCUT2D eigenvalue weighted by Crippen LogP contribution is 2.31. The summed E-state index contributed by atoms with van der Waals surface area (Å²) in [7, 11) is 2.16. The molecule has 126 valence electrons. The van der Waals surface area contributed by atoms with Crippen LogP contribution in [0.25, 0.3) is 0 Å². The van der Waals surface area contributed by atoms with Gasteiger partial charge < -0.3 is 9.64 Å². The second-order valence-electron chi connectivity index (χ2n) is 8.34. The monoisotopic (exact) mass is 307 g/mol. The fraction of sp³-hybridized carbons (Fsp3) is 0.833. The van der Waals surface area contributed by atoms with Gasteiger partial charge in [0.15, 0.2) is 0 Å². The van der Waals surface area contributed by atoms with Crippen molar-refractivity contribution in [1.82, 2.24) is 14.7 Å². The smallest absolute Gasteiger partial charge is 0.0898 e. The summed E-state index contributed by atoms with van der Waals surface area (Å²) < 4.78 is 8.13. The molecule has 22 heavy (non-hydrogen) atoms. The molecule has 1 saturated heterocycles. The molecule has 0 amide bonds. The molecule has 1 aromatic heterocycles. The molecule has 2 heterocycles. The van der Waals surface area contributed by atoms with E-state index in [1.807, 2.05) is 0 Å². The summed E-state index contributed by atoms with van der Waals surface area (Å²) in [5, 5.41) is 4.96. The summed E-state index contributed by atoms with van der Waals surface area (Å²) in [4.78, 5) is 2.34. The van der Waals surface area contributed by atoms with E-state index in [4.69, 9.17) is 9.84 Å². The lowest BCUT2D eigenvalue weighted by Crippen LogP contribution is -2.42. The minimum absolute atomic E-state index is 0.0929. The number of hydrogen-bond acceptors (Lipinski definition) is 3. The van der Waals surface area contributed by atoms with Crippen molar-refractivity contribution in [2.75, 3.05) is 26.7 Å². The third-order valence-corrected chi connectivity index (χ3v) is 4.84. The van der Waals surface area contributed by atoms with Crippen molar-refractivity contribution in [2.45, 2.75) is 71.4 Å². The lowest BCUT2D eigenvalue weighted by atomic mass is 9.84. The molecule has 0 spiro atoms. The summed E-state index contributed by atoms with van der Waals surface area (Å²) in [6, 6.07) is 2.30. The highest BCUT2D eigenvalue weighted by Gasteiger charge is 2.29. The van der Waals surface area contributed by atoms with Crippen molar-refractivity contribution < 1.29 is 4.74 Å². The number of morpholine rings is 1. The van der Waals surface area contributed by atoms with Gasteiger partial charge in [-0.1, -0.05) is 41.5 Å². The van der Waals surface area contributed by atoms with Crippen LogP contribution in [0, 0.1) is 0 Å². The number of ether oxygens (including phenoxy) is 1. The number of hydrogen-bond donors (Lipinski definition) is 0. The zero-order valence-electron chi connectivity index (χ0n) is 15.4. The minimum Gasteiger partial charge on any atom is -0.374 e. The van der Waals surface area contributed by atoms with E-state index in [0.717, 1.165) is 32.7 Å². The Labute approximate surface area is 135 Å². The maximum Gasteiger partial charge on any atom is 0.0898 e. The van der Waals surface area contributed by atoms with Crippen LogP contribution in [0.4, 0.5) is 0 Å². The van der Waals surface area contributed by atoms with Crippen LogP contribution in [0.5, 0.6) is 0 Å². The molecule has 2 rings (SSSR count). The number of rotatable bonds is 4. The van der Waals surface area contributed by atoms with Crippen LogP contribution in [-0.2, 0) is 22.1 Å². The Morgan fingerprint density at radius 1 is 1.27 bits per heavy atom. The standard InChI is InChI=1S/C18H33N3O/c1-8-18(5,6)15-11-16(17(2,3)4)21(19-15)13-14-12-20(7)9-10-22-14/h11,14H,8-10,12-13H2,1-7H3. The molecule has 0 N–H and O–H groups in total. The summed E-state index contributed by atoms with van der Waals surface area (Å²) in [6.45, 7) is 17.2. The van der Waals surface area contributed by atoms with Crippen molar-refractivity contribution in [1.29, 1.82) is 0 Å². The molecular weight excluding hydrogens is 274 g/mol. The van der Waals surface area contributed by atoms with Gasteiger partial charge in [-0.05, 0) is 19.5 Å². The molecule has 1 aliphatic heterocycles. The van der Waals surface area contributed by atoms with Gasteiger partial charge in [0.2, 0.25) is 0 Å². The van der Waals surface area contributed by atoms with Crippen molar-refractivity contribution in [3.05, 3.63) is 17.5 Å². The third-order valence-electron chi connectivity index (χ3n) is 4.84. The van der Waals surface area contributed by atoms with E-state index < -0.39 is 0 Å². The van der Waals surface area contributed by atoms with E-state index in [1.165, 1.54) is 11.4 Å². The SMILES string of the molecule is CCC(C)(C)c1cc(C(C)(C)C)n(CC2CN(C)CCO2)n1. The Morgan fingerprint density at radius 2 is 1.95 bits per heavy atom. The van der Waals surface area contributed by atoms with Crippen molar-refractivity contribution in [3.8, 4) is 0 Å². The number of nitrogens with zero attached hydrogens (tertiary/aromatic N) is 3. The molecule has 0 radical (unpaired) electrons. The molecule has 1 fully saturated rings. The molecule has 1 atom stereocenters. The molecule has 1 aromatic rings. The van der Waals surface area contributed by atoms with Gasteiger partial charge >= 0.3 is 0 Å². The summed E-state index contributed by atoms with van der Waals surface area (Å²) in [5.41, 5.74) is 2.72. The van der Waals surface area contributed by atoms with E-state index in [-0.39, 0.29) is 16.9 Å². The third kappa shape index (κ3) is 3.90. The van der Waals surface area contributed by atoms with Gasteiger partial charge in [-0.25, -0.2) is 0 Å². The van der Waals surface area contributed by atoms with Crippen LogP contribution in [0.3, 0.4) is 0 Å². The fourth-order valence-corrected chi connectivity index (χ4v) is 2.84. The predicted molar refractivity (Wildman–Crippen MR) is 91.5 cm³/mol. The fourth-order valence-electron chi connectivity index (χ4n) is 2.84. The first-order valence-electron chi connectivity index (χ1n) is 8.52. The highest BCUT2D eigenvalue weighted by molar-refractivity contribution is 5.23. The van der Waals surface area contributed by atoms with Gasteiger partial charge in [0, 0.05) is 29.6 Å². The van der Waals surface area contributed by atoms with Gasteiger partial charge in [-0.2, -0.15) is 5.10 Å². The largest absolute Gasteiger partial charge is 0.374 e. The Hall–Kier alpha value is -0.870. The van der Waals surface area contributed by atoms with Gasteiger partial charge in [0.05, 0.1) is 24.9 Å². The first kappa shape index (κ1) is 17.5. The average molecular weight is 307 g/mol. The summed E-state index contributed by atoms with van der Waals surface area (Å²) in [6.07, 6.45) is 1.33. The van der Waals surface area contributed by atoms with Gasteiger partial charge in [-0.3, -0.25) is 4.68 Å². The first-order valence-corrected chi connectivity index (χ1v) is 8.52.